The Balaban J connectivity index is 4.70. The molecule has 0 aromatic carbocycles. The Hall–Kier alpha value is -0.840. The van der Waals surface area contributed by atoms with E-state index in [1.54, 1.807) is 0 Å². The summed E-state index contributed by atoms with van der Waals surface area (Å²) in [7, 11) is 0. The second kappa shape index (κ2) is 3.91. The van der Waals surface area contributed by atoms with E-state index in [9.17, 15) is 0 Å². The maximum absolute atomic E-state index is 6.76. The average molecular weight is 180 g/mol. The van der Waals surface area contributed by atoms with Crippen molar-refractivity contribution in [3.63, 3.8) is 0 Å². The Morgan fingerprint density at radius 2 is 1.62 bits per heavy atom. The SMILES string of the molecule is [C-]#[N+]/N=C(/CC(C)(C)C)C(C)(C)C. The normalized spacial score (nSPS) is 14.1. The van der Waals surface area contributed by atoms with Crippen molar-refractivity contribution in [2.75, 3.05) is 0 Å². The third kappa shape index (κ3) is 5.41. The molecule has 0 aliphatic rings. The summed E-state index contributed by atoms with van der Waals surface area (Å²) in [5.74, 6) is 0. The van der Waals surface area contributed by atoms with Crippen LogP contribution < -0.4 is 0 Å². The quantitative estimate of drug-likeness (QED) is 0.332. The van der Waals surface area contributed by atoms with Crippen LogP contribution >= 0.6 is 0 Å². The summed E-state index contributed by atoms with van der Waals surface area (Å²) in [6, 6.07) is 0. The first-order valence-electron chi connectivity index (χ1n) is 4.60. The lowest BCUT2D eigenvalue weighted by atomic mass is 9.79. The fraction of sp³-hybridized carbons (Fsp3) is 0.818. The lowest BCUT2D eigenvalue weighted by molar-refractivity contribution is 0.413. The van der Waals surface area contributed by atoms with Crippen LogP contribution in [0.25, 0.3) is 4.95 Å². The molecule has 0 saturated carbocycles. The van der Waals surface area contributed by atoms with Crippen molar-refractivity contribution in [3.8, 4) is 0 Å². The van der Waals surface area contributed by atoms with Crippen molar-refractivity contribution in [1.29, 1.82) is 0 Å². The molecular formula is C11H20N2. The summed E-state index contributed by atoms with van der Waals surface area (Å²) in [4.78, 5) is 3.12. The van der Waals surface area contributed by atoms with E-state index in [1.807, 2.05) is 0 Å². The molecule has 0 spiro atoms. The van der Waals surface area contributed by atoms with Gasteiger partial charge in [-0.1, -0.05) is 41.5 Å². The zero-order chi connectivity index (χ0) is 10.7. The zero-order valence-corrected chi connectivity index (χ0v) is 9.60. The van der Waals surface area contributed by atoms with Gasteiger partial charge >= 0.3 is 0 Å². The summed E-state index contributed by atoms with van der Waals surface area (Å²) < 4.78 is 0. The van der Waals surface area contributed by atoms with Gasteiger partial charge in [-0.05, 0) is 11.8 Å². The summed E-state index contributed by atoms with van der Waals surface area (Å²) in [6.07, 6.45) is 0.888. The van der Waals surface area contributed by atoms with Crippen LogP contribution in [-0.2, 0) is 0 Å². The first-order valence-corrected chi connectivity index (χ1v) is 4.60. The second-order valence-electron chi connectivity index (χ2n) is 5.63. The average Bonchev–Trinajstić information content (AvgIpc) is 1.81. The number of rotatable bonds is 1. The Morgan fingerprint density at radius 3 is 1.85 bits per heavy atom. The third-order valence-electron chi connectivity index (χ3n) is 1.73. The highest BCUT2D eigenvalue weighted by atomic mass is 15.2. The van der Waals surface area contributed by atoms with Gasteiger partial charge in [-0.15, -0.1) is 4.95 Å². The van der Waals surface area contributed by atoms with E-state index in [1.165, 1.54) is 0 Å². The van der Waals surface area contributed by atoms with Gasteiger partial charge in [0.25, 0.3) is 0 Å². The predicted molar refractivity (Wildman–Crippen MR) is 57.6 cm³/mol. The van der Waals surface area contributed by atoms with E-state index in [0.29, 0.717) is 0 Å². The molecule has 13 heavy (non-hydrogen) atoms. The van der Waals surface area contributed by atoms with Crippen LogP contribution in [0.15, 0.2) is 5.10 Å². The molecule has 0 rings (SSSR count). The number of nitrogens with zero attached hydrogens (tertiary/aromatic N) is 2. The van der Waals surface area contributed by atoms with Crippen LogP contribution in [0.3, 0.4) is 0 Å². The van der Waals surface area contributed by atoms with Crippen LogP contribution in [0.1, 0.15) is 48.0 Å². The molecule has 0 amide bonds. The van der Waals surface area contributed by atoms with Gasteiger partial charge in [0.15, 0.2) is 0 Å². The number of hydrogen-bond donors (Lipinski definition) is 0. The highest BCUT2D eigenvalue weighted by Crippen LogP contribution is 2.27. The minimum absolute atomic E-state index is 0.0117. The Kier molecular flexibility index (Phi) is 3.66. The molecule has 0 fully saturated rings. The van der Waals surface area contributed by atoms with Crippen molar-refractivity contribution in [2.45, 2.75) is 48.0 Å². The van der Waals surface area contributed by atoms with Gasteiger partial charge in [0, 0.05) is 5.41 Å². The monoisotopic (exact) mass is 180 g/mol. The van der Waals surface area contributed by atoms with Gasteiger partial charge in [-0.2, -0.15) is 6.57 Å². The van der Waals surface area contributed by atoms with Crippen LogP contribution in [0.4, 0.5) is 0 Å². The molecule has 0 N–H and O–H groups in total. The lowest BCUT2D eigenvalue weighted by Gasteiger charge is -2.25. The Labute approximate surface area is 81.9 Å². The van der Waals surface area contributed by atoms with E-state index in [0.717, 1.165) is 12.1 Å². The largest absolute Gasteiger partial charge is 0.181 e. The fourth-order valence-corrected chi connectivity index (χ4v) is 1.01. The molecule has 0 radical (unpaired) electrons. The lowest BCUT2D eigenvalue weighted by Crippen LogP contribution is -2.25. The fourth-order valence-electron chi connectivity index (χ4n) is 1.01. The molecule has 0 aliphatic heterocycles. The van der Waals surface area contributed by atoms with Crippen molar-refractivity contribution in [1.82, 2.24) is 0 Å². The molecule has 0 aromatic rings. The Morgan fingerprint density at radius 1 is 1.15 bits per heavy atom. The number of hydrogen-bond acceptors (Lipinski definition) is 1. The van der Waals surface area contributed by atoms with Crippen LogP contribution in [-0.4, -0.2) is 5.71 Å². The molecule has 0 saturated heterocycles. The minimum Gasteiger partial charge on any atom is -0.181 e. The van der Waals surface area contributed by atoms with Crippen molar-refractivity contribution in [2.24, 2.45) is 15.9 Å². The van der Waals surface area contributed by atoms with Crippen molar-refractivity contribution < 1.29 is 0 Å². The topological polar surface area (TPSA) is 16.7 Å². The first-order chi connectivity index (χ1) is 5.67. The van der Waals surface area contributed by atoms with Gasteiger partial charge in [-0.25, -0.2) is 0 Å². The highest BCUT2D eigenvalue weighted by Gasteiger charge is 2.26. The Bertz CT molecular complexity index is 230. The van der Waals surface area contributed by atoms with Gasteiger partial charge in [-0.3, -0.25) is 0 Å². The zero-order valence-electron chi connectivity index (χ0n) is 9.60. The van der Waals surface area contributed by atoms with E-state index in [2.05, 4.69) is 51.6 Å². The molecule has 0 heterocycles. The van der Waals surface area contributed by atoms with Gasteiger partial charge in [0.05, 0.1) is 5.10 Å². The van der Waals surface area contributed by atoms with Crippen LogP contribution in [0, 0.1) is 17.4 Å². The summed E-state index contributed by atoms with van der Waals surface area (Å²) in [5.41, 5.74) is 1.21. The molecule has 2 heteroatoms. The molecular weight excluding hydrogens is 160 g/mol. The summed E-state index contributed by atoms with van der Waals surface area (Å²) >= 11 is 0. The smallest absolute Gasteiger partial charge is 0.106 e. The van der Waals surface area contributed by atoms with Crippen LogP contribution in [0.5, 0.6) is 0 Å². The second-order valence-corrected chi connectivity index (χ2v) is 5.63. The standard InChI is InChI=1S/C11H20N2/c1-10(2,3)8-9(13-12-7)11(4,5)6/h8H2,1-6H3/b13-9-. The highest BCUT2D eigenvalue weighted by molar-refractivity contribution is 5.90. The minimum atomic E-state index is 0.0117. The molecule has 74 valence electrons. The maximum atomic E-state index is 6.76. The summed E-state index contributed by atoms with van der Waals surface area (Å²) in [5, 5.41) is 3.89. The van der Waals surface area contributed by atoms with Gasteiger partial charge in [0.1, 0.15) is 5.71 Å². The first kappa shape index (κ1) is 12.2. The maximum Gasteiger partial charge on any atom is 0.106 e. The van der Waals surface area contributed by atoms with Gasteiger partial charge in [0.2, 0.25) is 0 Å². The van der Waals surface area contributed by atoms with E-state index < -0.39 is 0 Å². The van der Waals surface area contributed by atoms with Crippen molar-refractivity contribution >= 4 is 5.71 Å². The van der Waals surface area contributed by atoms with Gasteiger partial charge < -0.3 is 0 Å². The molecule has 0 aromatic heterocycles. The third-order valence-corrected chi connectivity index (χ3v) is 1.73. The van der Waals surface area contributed by atoms with E-state index >= 15 is 0 Å². The van der Waals surface area contributed by atoms with Crippen molar-refractivity contribution in [3.05, 3.63) is 11.5 Å². The molecule has 0 aliphatic carbocycles. The van der Waals surface area contributed by atoms with E-state index in [-0.39, 0.29) is 10.8 Å². The molecule has 0 atom stereocenters. The predicted octanol–water partition coefficient (Wildman–Crippen LogP) is 3.74. The molecule has 0 bridgehead atoms. The summed E-state index contributed by atoms with van der Waals surface area (Å²) in [6.45, 7) is 19.6. The molecule has 2 nitrogen and oxygen atoms in total. The molecule has 0 unspecified atom stereocenters. The van der Waals surface area contributed by atoms with E-state index in [4.69, 9.17) is 6.57 Å². The van der Waals surface area contributed by atoms with Crippen LogP contribution in [0.2, 0.25) is 0 Å².